The highest BCUT2D eigenvalue weighted by molar-refractivity contribution is 8.76. The van der Waals surface area contributed by atoms with Gasteiger partial charge in [0.1, 0.15) is 0 Å². The largest absolute Gasteiger partial charge is 0.303 e. The van der Waals surface area contributed by atoms with Crippen LogP contribution in [0.2, 0.25) is 0 Å². The normalized spacial score (nSPS) is 14.2. The smallest absolute Gasteiger partial charge is 0.0610 e. The van der Waals surface area contributed by atoms with Crippen LogP contribution in [0.3, 0.4) is 0 Å². The minimum atomic E-state index is 0.564. The molecule has 0 bridgehead atoms. The van der Waals surface area contributed by atoms with Crippen LogP contribution in [0, 0.1) is 5.92 Å². The Morgan fingerprint density at radius 3 is 2.08 bits per heavy atom. The van der Waals surface area contributed by atoms with E-state index in [1.807, 2.05) is 21.6 Å². The molecule has 0 spiro atoms. The second-order valence-corrected chi connectivity index (χ2v) is 6.49. The molecule has 1 nitrogen and oxygen atoms in total. The molecule has 0 fully saturated rings. The van der Waals surface area contributed by atoms with E-state index in [1.54, 1.807) is 0 Å². The molecule has 0 aliphatic carbocycles. The van der Waals surface area contributed by atoms with Gasteiger partial charge in [-0.15, -0.1) is 0 Å². The standard InChI is InChI=1S/C9H21NS2/c1-7(2)6-11-12-9(5)10-8(3)4/h7-10H,6H2,1-5H3. The topological polar surface area (TPSA) is 12.0 Å². The van der Waals surface area contributed by atoms with Gasteiger partial charge in [0.2, 0.25) is 0 Å². The molecule has 0 aromatic rings. The van der Waals surface area contributed by atoms with E-state index in [2.05, 4.69) is 39.9 Å². The van der Waals surface area contributed by atoms with Gasteiger partial charge < -0.3 is 5.32 Å². The third kappa shape index (κ3) is 8.75. The van der Waals surface area contributed by atoms with Crippen molar-refractivity contribution >= 4 is 21.6 Å². The molecule has 0 aliphatic heterocycles. The first-order valence-electron chi connectivity index (χ1n) is 4.56. The van der Waals surface area contributed by atoms with Gasteiger partial charge in [0.15, 0.2) is 0 Å². The molecule has 0 heterocycles. The Hall–Kier alpha value is 0.660. The molecule has 1 N–H and O–H groups in total. The minimum absolute atomic E-state index is 0.564. The molecular weight excluding hydrogens is 186 g/mol. The Morgan fingerprint density at radius 2 is 1.67 bits per heavy atom. The molecule has 1 unspecified atom stereocenters. The average molecular weight is 207 g/mol. The zero-order valence-electron chi connectivity index (χ0n) is 8.76. The summed E-state index contributed by atoms with van der Waals surface area (Å²) in [6, 6.07) is 0.590. The quantitative estimate of drug-likeness (QED) is 0.530. The summed E-state index contributed by atoms with van der Waals surface area (Å²) >= 11 is 0. The highest BCUT2D eigenvalue weighted by atomic mass is 33.1. The maximum Gasteiger partial charge on any atom is 0.0610 e. The van der Waals surface area contributed by atoms with Gasteiger partial charge in [-0.25, -0.2) is 0 Å². The lowest BCUT2D eigenvalue weighted by Gasteiger charge is -2.15. The van der Waals surface area contributed by atoms with Gasteiger partial charge in [-0.05, 0) is 26.7 Å². The van der Waals surface area contributed by atoms with E-state index in [-0.39, 0.29) is 0 Å². The minimum Gasteiger partial charge on any atom is -0.303 e. The fraction of sp³-hybridized carbons (Fsp3) is 1.00. The number of rotatable bonds is 6. The summed E-state index contributed by atoms with van der Waals surface area (Å²) < 4.78 is 0. The van der Waals surface area contributed by atoms with E-state index >= 15 is 0 Å². The van der Waals surface area contributed by atoms with E-state index in [4.69, 9.17) is 0 Å². The van der Waals surface area contributed by atoms with Crippen LogP contribution in [0.1, 0.15) is 34.6 Å². The SMILES string of the molecule is CC(C)CSSC(C)NC(C)C. The van der Waals surface area contributed by atoms with Crippen LogP contribution in [0.15, 0.2) is 0 Å². The van der Waals surface area contributed by atoms with Gasteiger partial charge in [0.25, 0.3) is 0 Å². The Bertz CT molecular complexity index is 105. The first-order chi connectivity index (χ1) is 5.52. The number of hydrogen-bond donors (Lipinski definition) is 1. The zero-order valence-corrected chi connectivity index (χ0v) is 10.4. The lowest BCUT2D eigenvalue weighted by atomic mass is 10.3. The fourth-order valence-corrected chi connectivity index (χ4v) is 3.49. The van der Waals surface area contributed by atoms with Crippen LogP contribution in [-0.2, 0) is 0 Å². The van der Waals surface area contributed by atoms with E-state index in [0.717, 1.165) is 5.92 Å². The molecular formula is C9H21NS2. The lowest BCUT2D eigenvalue weighted by Crippen LogP contribution is -2.29. The summed E-state index contributed by atoms with van der Waals surface area (Å²) in [6.45, 7) is 11.1. The predicted molar refractivity (Wildman–Crippen MR) is 62.6 cm³/mol. The Kier molecular flexibility index (Phi) is 7.49. The molecule has 0 aromatic heterocycles. The summed E-state index contributed by atoms with van der Waals surface area (Å²) in [4.78, 5) is 0. The van der Waals surface area contributed by atoms with Crippen LogP contribution < -0.4 is 5.32 Å². The lowest BCUT2D eigenvalue weighted by molar-refractivity contribution is 0.588. The Balaban J connectivity index is 3.25. The molecule has 12 heavy (non-hydrogen) atoms. The van der Waals surface area contributed by atoms with Gasteiger partial charge >= 0.3 is 0 Å². The van der Waals surface area contributed by atoms with Crippen molar-refractivity contribution in [3.8, 4) is 0 Å². The molecule has 0 aliphatic rings. The van der Waals surface area contributed by atoms with Crippen molar-refractivity contribution in [2.45, 2.75) is 46.0 Å². The third-order valence-corrected chi connectivity index (χ3v) is 4.23. The summed E-state index contributed by atoms with van der Waals surface area (Å²) in [5.41, 5.74) is 0. The first kappa shape index (κ1) is 12.7. The Morgan fingerprint density at radius 1 is 1.08 bits per heavy atom. The van der Waals surface area contributed by atoms with Crippen molar-refractivity contribution in [2.24, 2.45) is 5.92 Å². The summed E-state index contributed by atoms with van der Waals surface area (Å²) in [5, 5.41) is 4.02. The molecule has 0 amide bonds. The van der Waals surface area contributed by atoms with Gasteiger partial charge in [0.05, 0.1) is 5.37 Å². The second kappa shape index (κ2) is 7.10. The van der Waals surface area contributed by atoms with Crippen molar-refractivity contribution in [3.63, 3.8) is 0 Å². The van der Waals surface area contributed by atoms with E-state index < -0.39 is 0 Å². The maximum absolute atomic E-state index is 3.46. The predicted octanol–water partition coefficient (Wildman–Crippen LogP) is 3.37. The molecule has 74 valence electrons. The number of hydrogen-bond acceptors (Lipinski definition) is 3. The number of nitrogens with one attached hydrogen (secondary N) is 1. The van der Waals surface area contributed by atoms with Crippen LogP contribution in [0.5, 0.6) is 0 Å². The van der Waals surface area contributed by atoms with Crippen molar-refractivity contribution in [1.82, 2.24) is 5.32 Å². The van der Waals surface area contributed by atoms with Crippen LogP contribution in [0.25, 0.3) is 0 Å². The van der Waals surface area contributed by atoms with Gasteiger partial charge in [-0.1, -0.05) is 35.4 Å². The van der Waals surface area contributed by atoms with E-state index in [1.165, 1.54) is 5.75 Å². The molecule has 1 atom stereocenters. The summed E-state index contributed by atoms with van der Waals surface area (Å²) in [6.07, 6.45) is 0. The maximum atomic E-state index is 3.46. The van der Waals surface area contributed by atoms with Crippen LogP contribution >= 0.6 is 21.6 Å². The second-order valence-electron chi connectivity index (χ2n) is 3.74. The average Bonchev–Trinajstić information content (AvgIpc) is 1.84. The van der Waals surface area contributed by atoms with Crippen molar-refractivity contribution < 1.29 is 0 Å². The van der Waals surface area contributed by atoms with Crippen LogP contribution in [-0.4, -0.2) is 17.2 Å². The Labute approximate surface area is 84.9 Å². The molecule has 0 saturated carbocycles. The fourth-order valence-electron chi connectivity index (χ4n) is 0.775. The molecule has 0 saturated heterocycles. The highest BCUT2D eigenvalue weighted by Crippen LogP contribution is 2.27. The molecule has 0 rings (SSSR count). The molecule has 0 radical (unpaired) electrons. The van der Waals surface area contributed by atoms with Crippen molar-refractivity contribution in [2.75, 3.05) is 5.75 Å². The highest BCUT2D eigenvalue weighted by Gasteiger charge is 2.04. The third-order valence-electron chi connectivity index (χ3n) is 1.18. The monoisotopic (exact) mass is 207 g/mol. The summed E-state index contributed by atoms with van der Waals surface area (Å²) in [7, 11) is 3.90. The van der Waals surface area contributed by atoms with E-state index in [0.29, 0.717) is 11.4 Å². The van der Waals surface area contributed by atoms with Gasteiger partial charge in [-0.2, -0.15) is 0 Å². The molecule has 0 aromatic carbocycles. The van der Waals surface area contributed by atoms with Crippen molar-refractivity contribution in [3.05, 3.63) is 0 Å². The zero-order chi connectivity index (χ0) is 9.56. The van der Waals surface area contributed by atoms with E-state index in [9.17, 15) is 0 Å². The first-order valence-corrected chi connectivity index (χ1v) is 6.95. The van der Waals surface area contributed by atoms with Gasteiger partial charge in [0, 0.05) is 11.8 Å². The van der Waals surface area contributed by atoms with Crippen molar-refractivity contribution in [1.29, 1.82) is 0 Å². The van der Waals surface area contributed by atoms with Crippen LogP contribution in [0.4, 0.5) is 0 Å². The summed E-state index contributed by atoms with van der Waals surface area (Å²) in [5.74, 6) is 2.04. The van der Waals surface area contributed by atoms with Gasteiger partial charge in [-0.3, -0.25) is 0 Å². The molecule has 3 heteroatoms.